The van der Waals surface area contributed by atoms with Crippen molar-refractivity contribution in [3.63, 3.8) is 0 Å². The molecule has 2 N–H and O–H groups in total. The van der Waals surface area contributed by atoms with Gasteiger partial charge < -0.3 is 10.5 Å². The molecule has 100 valence electrons. The Morgan fingerprint density at radius 3 is 2.58 bits per heavy atom. The Labute approximate surface area is 112 Å². The topological polar surface area (TPSA) is 48.1 Å². The van der Waals surface area contributed by atoms with Crippen LogP contribution in [0, 0.1) is 5.82 Å². The van der Waals surface area contributed by atoms with Crippen LogP contribution in [0.2, 0.25) is 0 Å². The van der Waals surface area contributed by atoms with Crippen LogP contribution in [-0.2, 0) is 13.0 Å². The summed E-state index contributed by atoms with van der Waals surface area (Å²) in [6.07, 6.45) is 3.61. The number of nitrogens with zero attached hydrogens (tertiary/aromatic N) is 1. The predicted molar refractivity (Wildman–Crippen MR) is 72.3 cm³/mol. The van der Waals surface area contributed by atoms with Crippen molar-refractivity contribution in [2.75, 3.05) is 0 Å². The van der Waals surface area contributed by atoms with Crippen molar-refractivity contribution in [2.45, 2.75) is 26.0 Å². The molecule has 0 aliphatic heterocycles. The SMILES string of the molecule is CC(N)Cc1ccc(OCc2cncc(F)c2)cc1. The van der Waals surface area contributed by atoms with Crippen LogP contribution >= 0.6 is 0 Å². The molecule has 0 bridgehead atoms. The smallest absolute Gasteiger partial charge is 0.141 e. The Balaban J connectivity index is 1.93. The van der Waals surface area contributed by atoms with Gasteiger partial charge in [-0.3, -0.25) is 4.98 Å². The number of rotatable bonds is 5. The molecule has 0 amide bonds. The van der Waals surface area contributed by atoms with Gasteiger partial charge in [-0.25, -0.2) is 4.39 Å². The third kappa shape index (κ3) is 4.34. The summed E-state index contributed by atoms with van der Waals surface area (Å²) in [5.41, 5.74) is 7.62. The van der Waals surface area contributed by atoms with E-state index in [-0.39, 0.29) is 11.9 Å². The molecule has 0 aliphatic carbocycles. The number of hydrogen-bond acceptors (Lipinski definition) is 3. The van der Waals surface area contributed by atoms with Crippen LogP contribution in [0.5, 0.6) is 5.75 Å². The molecule has 2 rings (SSSR count). The largest absolute Gasteiger partial charge is 0.489 e. The Morgan fingerprint density at radius 1 is 1.21 bits per heavy atom. The zero-order valence-electron chi connectivity index (χ0n) is 10.8. The van der Waals surface area contributed by atoms with Crippen LogP contribution in [0.3, 0.4) is 0 Å². The summed E-state index contributed by atoms with van der Waals surface area (Å²) >= 11 is 0. The summed E-state index contributed by atoms with van der Waals surface area (Å²) in [6, 6.07) is 9.32. The van der Waals surface area contributed by atoms with Gasteiger partial charge in [0.25, 0.3) is 0 Å². The minimum absolute atomic E-state index is 0.144. The second-order valence-electron chi connectivity index (χ2n) is 4.63. The normalized spacial score (nSPS) is 12.2. The van der Waals surface area contributed by atoms with E-state index in [9.17, 15) is 4.39 Å². The van der Waals surface area contributed by atoms with Crippen molar-refractivity contribution in [1.29, 1.82) is 0 Å². The predicted octanol–water partition coefficient (Wildman–Crippen LogP) is 2.69. The van der Waals surface area contributed by atoms with Crippen molar-refractivity contribution >= 4 is 0 Å². The van der Waals surface area contributed by atoms with E-state index in [2.05, 4.69) is 4.98 Å². The summed E-state index contributed by atoms with van der Waals surface area (Å²) in [7, 11) is 0. The molecule has 2 aromatic rings. The summed E-state index contributed by atoms with van der Waals surface area (Å²) in [5.74, 6) is 0.395. The summed E-state index contributed by atoms with van der Waals surface area (Å²) in [6.45, 7) is 2.28. The van der Waals surface area contributed by atoms with Gasteiger partial charge >= 0.3 is 0 Å². The molecule has 0 spiro atoms. The molecule has 3 nitrogen and oxygen atoms in total. The van der Waals surface area contributed by atoms with E-state index in [1.807, 2.05) is 31.2 Å². The quantitative estimate of drug-likeness (QED) is 0.899. The van der Waals surface area contributed by atoms with Gasteiger partial charge in [-0.1, -0.05) is 12.1 Å². The summed E-state index contributed by atoms with van der Waals surface area (Å²) in [5, 5.41) is 0. The molecule has 1 unspecified atom stereocenters. The zero-order chi connectivity index (χ0) is 13.7. The molecule has 0 radical (unpaired) electrons. The minimum atomic E-state index is -0.353. The fourth-order valence-corrected chi connectivity index (χ4v) is 1.80. The van der Waals surface area contributed by atoms with Gasteiger partial charge in [0.1, 0.15) is 18.2 Å². The first-order chi connectivity index (χ1) is 9.13. The van der Waals surface area contributed by atoms with Crippen LogP contribution in [0.4, 0.5) is 4.39 Å². The Kier molecular flexibility index (Phi) is 4.47. The lowest BCUT2D eigenvalue weighted by Gasteiger charge is -2.08. The first-order valence-corrected chi connectivity index (χ1v) is 6.20. The van der Waals surface area contributed by atoms with Gasteiger partial charge in [0.05, 0.1) is 6.20 Å². The van der Waals surface area contributed by atoms with E-state index in [0.717, 1.165) is 12.2 Å². The van der Waals surface area contributed by atoms with Gasteiger partial charge in [-0.2, -0.15) is 0 Å². The van der Waals surface area contributed by atoms with Crippen molar-refractivity contribution in [1.82, 2.24) is 4.98 Å². The van der Waals surface area contributed by atoms with E-state index in [1.54, 1.807) is 6.20 Å². The number of halogens is 1. The Hall–Kier alpha value is -1.94. The molecule has 0 aliphatic rings. The molecular weight excluding hydrogens is 243 g/mol. The van der Waals surface area contributed by atoms with Crippen LogP contribution in [0.15, 0.2) is 42.7 Å². The molecule has 0 saturated carbocycles. The Morgan fingerprint density at radius 2 is 1.95 bits per heavy atom. The van der Waals surface area contributed by atoms with Gasteiger partial charge in [0, 0.05) is 17.8 Å². The zero-order valence-corrected chi connectivity index (χ0v) is 10.8. The second-order valence-corrected chi connectivity index (χ2v) is 4.63. The first kappa shape index (κ1) is 13.5. The van der Waals surface area contributed by atoms with Crippen molar-refractivity contribution in [3.8, 4) is 5.75 Å². The van der Waals surface area contributed by atoms with E-state index < -0.39 is 0 Å². The third-order valence-electron chi connectivity index (χ3n) is 2.65. The maximum Gasteiger partial charge on any atom is 0.141 e. The maximum atomic E-state index is 12.9. The number of nitrogens with two attached hydrogens (primary N) is 1. The van der Waals surface area contributed by atoms with Crippen molar-refractivity contribution in [3.05, 3.63) is 59.7 Å². The third-order valence-corrected chi connectivity index (χ3v) is 2.65. The number of benzene rings is 1. The second kappa shape index (κ2) is 6.29. The highest BCUT2D eigenvalue weighted by Gasteiger charge is 2.00. The van der Waals surface area contributed by atoms with Gasteiger partial charge in [-0.15, -0.1) is 0 Å². The molecule has 0 fully saturated rings. The average molecular weight is 260 g/mol. The Bertz CT molecular complexity index is 526. The van der Waals surface area contributed by atoms with Gasteiger partial charge in [-0.05, 0) is 37.1 Å². The summed E-state index contributed by atoms with van der Waals surface area (Å²) in [4.78, 5) is 3.77. The fraction of sp³-hybridized carbons (Fsp3) is 0.267. The molecule has 1 aromatic carbocycles. The number of ether oxygens (including phenoxy) is 1. The maximum absolute atomic E-state index is 12.9. The van der Waals surface area contributed by atoms with E-state index in [0.29, 0.717) is 12.2 Å². The monoisotopic (exact) mass is 260 g/mol. The summed E-state index contributed by atoms with van der Waals surface area (Å²) < 4.78 is 18.5. The molecular formula is C15H17FN2O. The highest BCUT2D eigenvalue weighted by atomic mass is 19.1. The van der Waals surface area contributed by atoms with Crippen molar-refractivity contribution in [2.24, 2.45) is 5.73 Å². The molecule has 0 saturated heterocycles. The van der Waals surface area contributed by atoms with Crippen LogP contribution in [0.25, 0.3) is 0 Å². The van der Waals surface area contributed by atoms with Gasteiger partial charge in [0.15, 0.2) is 0 Å². The standard InChI is InChI=1S/C15H17FN2O/c1-11(17)6-12-2-4-15(5-3-12)19-10-13-7-14(16)9-18-8-13/h2-5,7-9,11H,6,10,17H2,1H3. The molecule has 19 heavy (non-hydrogen) atoms. The lowest BCUT2D eigenvalue weighted by atomic mass is 10.1. The number of aromatic nitrogens is 1. The van der Waals surface area contributed by atoms with E-state index in [4.69, 9.17) is 10.5 Å². The molecule has 1 heterocycles. The highest BCUT2D eigenvalue weighted by molar-refractivity contribution is 5.28. The highest BCUT2D eigenvalue weighted by Crippen LogP contribution is 2.15. The van der Waals surface area contributed by atoms with Crippen LogP contribution in [0.1, 0.15) is 18.1 Å². The van der Waals surface area contributed by atoms with E-state index in [1.165, 1.54) is 17.8 Å². The molecule has 1 atom stereocenters. The lowest BCUT2D eigenvalue weighted by molar-refractivity contribution is 0.305. The number of hydrogen-bond donors (Lipinski definition) is 1. The minimum Gasteiger partial charge on any atom is -0.489 e. The number of pyridine rings is 1. The average Bonchev–Trinajstić information content (AvgIpc) is 2.37. The van der Waals surface area contributed by atoms with Crippen LogP contribution < -0.4 is 10.5 Å². The molecule has 4 heteroatoms. The molecule has 1 aromatic heterocycles. The van der Waals surface area contributed by atoms with Gasteiger partial charge in [0.2, 0.25) is 0 Å². The first-order valence-electron chi connectivity index (χ1n) is 6.20. The van der Waals surface area contributed by atoms with Crippen molar-refractivity contribution < 1.29 is 9.13 Å². The lowest BCUT2D eigenvalue weighted by Crippen LogP contribution is -2.17. The van der Waals surface area contributed by atoms with E-state index >= 15 is 0 Å². The van der Waals surface area contributed by atoms with Crippen LogP contribution in [-0.4, -0.2) is 11.0 Å². The fourth-order valence-electron chi connectivity index (χ4n) is 1.80.